The fraction of sp³-hybridized carbons (Fsp3) is 0.286. The maximum atomic E-state index is 13.2. The van der Waals surface area contributed by atoms with E-state index in [0.29, 0.717) is 24.3 Å². The van der Waals surface area contributed by atoms with Gasteiger partial charge in [-0.15, -0.1) is 0 Å². The van der Waals surface area contributed by atoms with Crippen molar-refractivity contribution in [1.29, 1.82) is 0 Å². The van der Waals surface area contributed by atoms with Crippen molar-refractivity contribution in [2.75, 3.05) is 25.5 Å². The van der Waals surface area contributed by atoms with Crippen LogP contribution in [0.2, 0.25) is 0 Å². The zero-order valence-electron chi connectivity index (χ0n) is 16.1. The minimum atomic E-state index is -3.69. The van der Waals surface area contributed by atoms with Crippen molar-refractivity contribution in [2.24, 2.45) is 0 Å². The largest absolute Gasteiger partial charge is 0.495 e. The minimum Gasteiger partial charge on any atom is -0.495 e. The summed E-state index contributed by atoms with van der Waals surface area (Å²) in [5, 5.41) is 2.56. The Balaban J connectivity index is 1.80. The van der Waals surface area contributed by atoms with Crippen LogP contribution in [0.3, 0.4) is 0 Å². The molecule has 0 bridgehead atoms. The van der Waals surface area contributed by atoms with Crippen molar-refractivity contribution >= 4 is 27.7 Å². The van der Waals surface area contributed by atoms with Gasteiger partial charge in [0.15, 0.2) is 0 Å². The SMILES string of the molecule is COc1ccc(/C=C/C(=O)Nc2cccc(F)c2)cc1S(=O)(=O)N1CCCCC1. The van der Waals surface area contributed by atoms with E-state index in [0.717, 1.165) is 19.3 Å². The fourth-order valence-electron chi connectivity index (χ4n) is 3.16. The molecule has 6 nitrogen and oxygen atoms in total. The molecule has 29 heavy (non-hydrogen) atoms. The van der Waals surface area contributed by atoms with Gasteiger partial charge in [-0.25, -0.2) is 12.8 Å². The second kappa shape index (κ2) is 9.19. The van der Waals surface area contributed by atoms with Gasteiger partial charge in [-0.3, -0.25) is 4.79 Å². The average molecular weight is 418 g/mol. The first-order valence-corrected chi connectivity index (χ1v) is 10.8. The highest BCUT2D eigenvalue weighted by Crippen LogP contribution is 2.30. The van der Waals surface area contributed by atoms with Crippen molar-refractivity contribution in [3.63, 3.8) is 0 Å². The van der Waals surface area contributed by atoms with Crippen molar-refractivity contribution in [3.8, 4) is 5.75 Å². The van der Waals surface area contributed by atoms with E-state index in [2.05, 4.69) is 5.32 Å². The van der Waals surface area contributed by atoms with E-state index in [1.54, 1.807) is 18.2 Å². The number of nitrogens with one attached hydrogen (secondary N) is 1. The molecule has 0 atom stereocenters. The lowest BCUT2D eigenvalue weighted by molar-refractivity contribution is -0.111. The molecule has 2 aromatic carbocycles. The van der Waals surface area contributed by atoms with Crippen molar-refractivity contribution in [2.45, 2.75) is 24.2 Å². The summed E-state index contributed by atoms with van der Waals surface area (Å²) < 4.78 is 46.0. The maximum Gasteiger partial charge on any atom is 0.248 e. The highest BCUT2D eigenvalue weighted by atomic mass is 32.2. The van der Waals surface area contributed by atoms with Gasteiger partial charge in [0, 0.05) is 24.9 Å². The summed E-state index contributed by atoms with van der Waals surface area (Å²) in [4.78, 5) is 12.2. The van der Waals surface area contributed by atoms with E-state index in [4.69, 9.17) is 4.74 Å². The van der Waals surface area contributed by atoms with E-state index < -0.39 is 21.7 Å². The van der Waals surface area contributed by atoms with Crippen LogP contribution in [-0.4, -0.2) is 38.8 Å². The van der Waals surface area contributed by atoms with Crippen LogP contribution in [0.1, 0.15) is 24.8 Å². The molecule has 1 amide bonds. The lowest BCUT2D eigenvalue weighted by Crippen LogP contribution is -2.35. The molecule has 0 aliphatic carbocycles. The number of sulfonamides is 1. The number of ether oxygens (including phenoxy) is 1. The summed E-state index contributed by atoms with van der Waals surface area (Å²) in [7, 11) is -2.26. The zero-order valence-corrected chi connectivity index (χ0v) is 16.9. The first-order valence-electron chi connectivity index (χ1n) is 9.33. The molecule has 0 saturated carbocycles. The van der Waals surface area contributed by atoms with Gasteiger partial charge < -0.3 is 10.1 Å². The van der Waals surface area contributed by atoms with Crippen LogP contribution >= 0.6 is 0 Å². The lowest BCUT2D eigenvalue weighted by Gasteiger charge is -2.26. The first-order chi connectivity index (χ1) is 13.9. The summed E-state index contributed by atoms with van der Waals surface area (Å²) in [6.45, 7) is 0.975. The highest BCUT2D eigenvalue weighted by molar-refractivity contribution is 7.89. The standard InChI is InChI=1S/C21H23FN2O4S/c1-28-19-10-8-16(9-11-21(25)23-18-7-5-6-17(22)15-18)14-20(19)29(26,27)24-12-3-2-4-13-24/h5-11,14-15H,2-4,12-13H2,1H3,(H,23,25)/b11-9+. The molecule has 1 heterocycles. The Morgan fingerprint density at radius 1 is 1.14 bits per heavy atom. The molecule has 154 valence electrons. The van der Waals surface area contributed by atoms with Gasteiger partial charge in [-0.05, 0) is 54.8 Å². The van der Waals surface area contributed by atoms with Crippen LogP contribution in [0.5, 0.6) is 5.75 Å². The molecule has 1 saturated heterocycles. The van der Waals surface area contributed by atoms with E-state index in [1.807, 2.05) is 0 Å². The number of carbonyl (C=O) groups excluding carboxylic acids is 1. The third-order valence-corrected chi connectivity index (χ3v) is 6.56. The fourth-order valence-corrected chi connectivity index (χ4v) is 4.87. The Bertz CT molecular complexity index is 1020. The van der Waals surface area contributed by atoms with Crippen molar-refractivity contribution in [3.05, 3.63) is 59.9 Å². The van der Waals surface area contributed by atoms with E-state index in [9.17, 15) is 17.6 Å². The highest BCUT2D eigenvalue weighted by Gasteiger charge is 2.28. The third kappa shape index (κ3) is 5.21. The van der Waals surface area contributed by atoms with Crippen molar-refractivity contribution < 1.29 is 22.3 Å². The van der Waals surface area contributed by atoms with Gasteiger partial charge in [0.2, 0.25) is 15.9 Å². The quantitative estimate of drug-likeness (QED) is 0.727. The molecule has 0 unspecified atom stereocenters. The van der Waals surface area contributed by atoms with Gasteiger partial charge in [0.05, 0.1) is 7.11 Å². The summed E-state index contributed by atoms with van der Waals surface area (Å²) in [5.74, 6) is -0.640. The Hall–Kier alpha value is -2.71. The molecule has 8 heteroatoms. The lowest BCUT2D eigenvalue weighted by atomic mass is 10.2. The van der Waals surface area contributed by atoms with Crippen LogP contribution in [0, 0.1) is 5.82 Å². The van der Waals surface area contributed by atoms with E-state index in [-0.39, 0.29) is 10.6 Å². The topological polar surface area (TPSA) is 75.7 Å². The predicted octanol–water partition coefficient (Wildman–Crippen LogP) is 3.66. The molecule has 3 rings (SSSR count). The monoisotopic (exact) mass is 418 g/mol. The number of halogens is 1. The Morgan fingerprint density at radius 3 is 2.59 bits per heavy atom. The van der Waals surface area contributed by atoms with Crippen LogP contribution in [0.4, 0.5) is 10.1 Å². The van der Waals surface area contributed by atoms with Gasteiger partial charge in [-0.2, -0.15) is 4.31 Å². The number of amides is 1. The molecule has 1 aliphatic heterocycles. The number of hydrogen-bond acceptors (Lipinski definition) is 4. The summed E-state index contributed by atoms with van der Waals surface area (Å²) in [6.07, 6.45) is 5.46. The normalized spacial score (nSPS) is 15.4. The van der Waals surface area contributed by atoms with Gasteiger partial charge in [-0.1, -0.05) is 18.6 Å². The molecule has 0 aromatic heterocycles. The van der Waals surface area contributed by atoms with E-state index in [1.165, 1.54) is 47.8 Å². The number of piperidine rings is 1. The van der Waals surface area contributed by atoms with Crippen LogP contribution in [0.25, 0.3) is 6.08 Å². The van der Waals surface area contributed by atoms with Gasteiger partial charge in [0.25, 0.3) is 0 Å². The predicted molar refractivity (Wildman–Crippen MR) is 110 cm³/mol. The number of benzene rings is 2. The molecule has 0 spiro atoms. The number of nitrogens with zero attached hydrogens (tertiary/aromatic N) is 1. The number of methoxy groups -OCH3 is 1. The Labute approximate surface area is 170 Å². The average Bonchev–Trinajstić information content (AvgIpc) is 2.72. The number of anilines is 1. The summed E-state index contributed by atoms with van der Waals surface area (Å²) >= 11 is 0. The molecule has 0 radical (unpaired) electrons. The summed E-state index contributed by atoms with van der Waals surface area (Å²) in [6, 6.07) is 10.3. The second-order valence-electron chi connectivity index (χ2n) is 6.71. The molecule has 2 aromatic rings. The molecule has 1 fully saturated rings. The third-order valence-electron chi connectivity index (χ3n) is 4.64. The molecule has 1 aliphatic rings. The smallest absolute Gasteiger partial charge is 0.248 e. The number of hydrogen-bond donors (Lipinski definition) is 1. The maximum absolute atomic E-state index is 13.2. The van der Waals surface area contributed by atoms with Gasteiger partial charge >= 0.3 is 0 Å². The number of carbonyl (C=O) groups is 1. The molecule has 1 N–H and O–H groups in total. The van der Waals surface area contributed by atoms with Crippen molar-refractivity contribution in [1.82, 2.24) is 4.31 Å². The van der Waals surface area contributed by atoms with Crippen LogP contribution in [0.15, 0.2) is 53.4 Å². The Morgan fingerprint density at radius 2 is 1.90 bits per heavy atom. The minimum absolute atomic E-state index is 0.0783. The molecular formula is C21H23FN2O4S. The van der Waals surface area contributed by atoms with Gasteiger partial charge in [0.1, 0.15) is 16.5 Å². The van der Waals surface area contributed by atoms with Crippen LogP contribution < -0.4 is 10.1 Å². The summed E-state index contributed by atoms with van der Waals surface area (Å²) in [5.41, 5.74) is 0.874. The zero-order chi connectivity index (χ0) is 20.9. The second-order valence-corrected chi connectivity index (χ2v) is 8.61. The Kier molecular flexibility index (Phi) is 6.66. The number of rotatable bonds is 6. The van der Waals surface area contributed by atoms with E-state index >= 15 is 0 Å². The molecular weight excluding hydrogens is 395 g/mol. The van der Waals surface area contributed by atoms with Crippen LogP contribution in [-0.2, 0) is 14.8 Å². The first kappa shape index (κ1) is 21.0.